The first-order valence-corrected chi connectivity index (χ1v) is 22.5. The van der Waals surface area contributed by atoms with Crippen molar-refractivity contribution in [3.63, 3.8) is 0 Å². The van der Waals surface area contributed by atoms with Crippen LogP contribution in [0.5, 0.6) is 0 Å². The Labute approximate surface area is 377 Å². The van der Waals surface area contributed by atoms with Crippen molar-refractivity contribution in [3.05, 3.63) is 242 Å². The van der Waals surface area contributed by atoms with E-state index in [4.69, 9.17) is 0 Å². The lowest BCUT2D eigenvalue weighted by atomic mass is 9.82. The van der Waals surface area contributed by atoms with Gasteiger partial charge < -0.3 is 9.47 Å². The molecule has 0 saturated carbocycles. The second-order valence-electron chi connectivity index (χ2n) is 17.3. The Morgan fingerprint density at radius 1 is 0.308 bits per heavy atom. The first-order valence-electron chi connectivity index (χ1n) is 22.5. The molecule has 0 aliphatic heterocycles. The number of anilines is 3. The van der Waals surface area contributed by atoms with E-state index in [-0.39, 0.29) is 0 Å². The van der Waals surface area contributed by atoms with Crippen LogP contribution in [0.2, 0.25) is 0 Å². The molecule has 12 aromatic carbocycles. The lowest BCUT2D eigenvalue weighted by Gasteiger charge is -2.30. The van der Waals surface area contributed by atoms with Crippen LogP contribution < -0.4 is 4.90 Å². The third-order valence-corrected chi connectivity index (χ3v) is 13.6. The Kier molecular flexibility index (Phi) is 8.47. The first kappa shape index (κ1) is 37.1. The molecule has 0 saturated heterocycles. The molecule has 1 aromatic heterocycles. The molecule has 0 N–H and O–H groups in total. The third-order valence-electron chi connectivity index (χ3n) is 13.6. The second-order valence-corrected chi connectivity index (χ2v) is 17.3. The maximum Gasteiger partial charge on any atom is 0.0618 e. The number of aryl methyl sites for hydroxylation is 1. The first-order chi connectivity index (χ1) is 32.2. The highest BCUT2D eigenvalue weighted by atomic mass is 15.1. The van der Waals surface area contributed by atoms with Crippen LogP contribution in [0.4, 0.5) is 17.1 Å². The van der Waals surface area contributed by atoms with Gasteiger partial charge in [-0.1, -0.05) is 188 Å². The van der Waals surface area contributed by atoms with Crippen molar-refractivity contribution in [2.45, 2.75) is 6.92 Å². The summed E-state index contributed by atoms with van der Waals surface area (Å²) in [5.41, 5.74) is 13.2. The molecular weight excluding hydrogens is 785 g/mol. The van der Waals surface area contributed by atoms with Crippen LogP contribution in [0.3, 0.4) is 0 Å². The van der Waals surface area contributed by atoms with Gasteiger partial charge in [0.2, 0.25) is 0 Å². The molecule has 0 radical (unpaired) electrons. The monoisotopic (exact) mass is 826 g/mol. The Hall–Kier alpha value is -8.46. The van der Waals surface area contributed by atoms with Crippen molar-refractivity contribution in [2.24, 2.45) is 0 Å². The van der Waals surface area contributed by atoms with Crippen LogP contribution in [-0.2, 0) is 0 Å². The number of para-hydroxylation sites is 3. The molecule has 1 heterocycles. The Bertz CT molecular complexity index is 3900. The number of nitrogens with zero attached hydrogens (tertiary/aromatic N) is 2. The van der Waals surface area contributed by atoms with Gasteiger partial charge in [-0.2, -0.15) is 0 Å². The maximum atomic E-state index is 2.46. The van der Waals surface area contributed by atoms with Crippen molar-refractivity contribution in [2.75, 3.05) is 4.90 Å². The molecule has 0 fully saturated rings. The van der Waals surface area contributed by atoms with Crippen molar-refractivity contribution < 1.29 is 0 Å². The van der Waals surface area contributed by atoms with Crippen molar-refractivity contribution >= 4 is 92.7 Å². The van der Waals surface area contributed by atoms with E-state index in [2.05, 4.69) is 253 Å². The largest absolute Gasteiger partial charge is 0.309 e. The van der Waals surface area contributed by atoms with Crippen molar-refractivity contribution in [1.29, 1.82) is 0 Å². The molecule has 2 nitrogen and oxygen atoms in total. The zero-order chi connectivity index (χ0) is 43.0. The van der Waals surface area contributed by atoms with E-state index in [1.54, 1.807) is 0 Å². The number of benzene rings is 12. The zero-order valence-electron chi connectivity index (χ0n) is 35.9. The number of rotatable bonds is 6. The topological polar surface area (TPSA) is 8.17 Å². The summed E-state index contributed by atoms with van der Waals surface area (Å²) in [7, 11) is 0. The molecular formula is C63H42N2. The van der Waals surface area contributed by atoms with Crippen LogP contribution in [0, 0.1) is 6.92 Å². The smallest absolute Gasteiger partial charge is 0.0618 e. The highest BCUT2D eigenvalue weighted by molar-refractivity contribution is 6.30. The predicted octanol–water partition coefficient (Wildman–Crippen LogP) is 17.7. The fourth-order valence-corrected chi connectivity index (χ4v) is 10.8. The molecule has 0 bridgehead atoms. The maximum absolute atomic E-state index is 2.46. The number of hydrogen-bond donors (Lipinski definition) is 0. The van der Waals surface area contributed by atoms with E-state index in [9.17, 15) is 0 Å². The average molecular weight is 827 g/mol. The van der Waals surface area contributed by atoms with Gasteiger partial charge in [0.05, 0.1) is 16.7 Å². The van der Waals surface area contributed by atoms with E-state index < -0.39 is 0 Å². The summed E-state index contributed by atoms with van der Waals surface area (Å²) in [6, 6.07) is 87.3. The van der Waals surface area contributed by atoms with Crippen molar-refractivity contribution in [3.8, 4) is 27.9 Å². The quantitative estimate of drug-likeness (QED) is 0.152. The normalized spacial score (nSPS) is 11.8. The molecule has 0 unspecified atom stereocenters. The van der Waals surface area contributed by atoms with Crippen LogP contribution in [0.25, 0.3) is 104 Å². The van der Waals surface area contributed by atoms with E-state index in [0.717, 1.165) is 22.7 Å². The Morgan fingerprint density at radius 2 is 0.769 bits per heavy atom. The van der Waals surface area contributed by atoms with Crippen molar-refractivity contribution in [1.82, 2.24) is 4.57 Å². The molecule has 0 aliphatic carbocycles. The molecule has 2 heteroatoms. The fraction of sp³-hybridized carbons (Fsp3) is 0.0159. The molecule has 304 valence electrons. The summed E-state index contributed by atoms with van der Waals surface area (Å²) in [5.74, 6) is 0. The third kappa shape index (κ3) is 5.81. The van der Waals surface area contributed by atoms with Gasteiger partial charge in [-0.15, -0.1) is 0 Å². The molecule has 0 aliphatic rings. The molecule has 13 rings (SSSR count). The summed E-state index contributed by atoms with van der Waals surface area (Å²) in [4.78, 5) is 2.46. The van der Waals surface area contributed by atoms with E-state index in [0.29, 0.717) is 0 Å². The van der Waals surface area contributed by atoms with Gasteiger partial charge in [0.25, 0.3) is 0 Å². The number of fused-ring (bicyclic) bond motifs is 8. The minimum absolute atomic E-state index is 1.09. The summed E-state index contributed by atoms with van der Waals surface area (Å²) in [5, 5.41) is 14.8. The average Bonchev–Trinajstić information content (AvgIpc) is 3.70. The summed E-state index contributed by atoms with van der Waals surface area (Å²) >= 11 is 0. The van der Waals surface area contributed by atoms with Crippen LogP contribution in [0.1, 0.15) is 5.56 Å². The van der Waals surface area contributed by atoms with E-state index in [1.165, 1.54) is 103 Å². The molecule has 0 spiro atoms. The molecule has 0 amide bonds. The Balaban J connectivity index is 1.08. The summed E-state index contributed by atoms with van der Waals surface area (Å²) < 4.78 is 2.39. The standard InChI is InChI=1S/C63H42N2/c1-41-31-38-54-57(39-41)60(44-33-32-42-17-5-6-18-43(42)40-44)50-23-7-8-24-51(50)61(54)62-52-25-9-11-27-55(52)63(56-28-12-10-26-53(56)62)64(45-19-3-2-4-20-45)46-34-36-47(37-35-46)65-58-29-15-13-21-48(58)49-22-14-16-30-59(49)65/h2-40H,1H3. The molecule has 13 aromatic rings. The van der Waals surface area contributed by atoms with Gasteiger partial charge in [0.15, 0.2) is 0 Å². The van der Waals surface area contributed by atoms with Crippen LogP contribution >= 0.6 is 0 Å². The molecule has 0 atom stereocenters. The minimum atomic E-state index is 1.09. The van der Waals surface area contributed by atoms with E-state index in [1.807, 2.05) is 0 Å². The SMILES string of the molecule is Cc1ccc2c(-c3c4ccccc4c(N(c4ccccc4)c4ccc(-n5c6ccccc6c6ccccc65)cc4)c4ccccc34)c3ccccc3c(-c3ccc4ccccc4c3)c2c1. The lowest BCUT2D eigenvalue weighted by molar-refractivity contribution is 1.17. The summed E-state index contributed by atoms with van der Waals surface area (Å²) in [6.45, 7) is 2.21. The van der Waals surface area contributed by atoms with Gasteiger partial charge in [0.1, 0.15) is 0 Å². The molecule has 65 heavy (non-hydrogen) atoms. The fourth-order valence-electron chi connectivity index (χ4n) is 10.8. The predicted molar refractivity (Wildman–Crippen MR) is 279 cm³/mol. The van der Waals surface area contributed by atoms with E-state index >= 15 is 0 Å². The van der Waals surface area contributed by atoms with Gasteiger partial charge in [-0.05, 0) is 127 Å². The van der Waals surface area contributed by atoms with Gasteiger partial charge >= 0.3 is 0 Å². The lowest BCUT2D eigenvalue weighted by Crippen LogP contribution is -2.11. The number of aromatic nitrogens is 1. The summed E-state index contributed by atoms with van der Waals surface area (Å²) in [6.07, 6.45) is 0. The number of hydrogen-bond acceptors (Lipinski definition) is 1. The second kappa shape index (κ2) is 14.8. The van der Waals surface area contributed by atoms with Crippen LogP contribution in [-0.4, -0.2) is 4.57 Å². The zero-order valence-corrected chi connectivity index (χ0v) is 35.9. The highest BCUT2D eigenvalue weighted by Crippen LogP contribution is 2.52. The van der Waals surface area contributed by atoms with Gasteiger partial charge in [-0.25, -0.2) is 0 Å². The Morgan fingerprint density at radius 3 is 1.38 bits per heavy atom. The van der Waals surface area contributed by atoms with Gasteiger partial charge in [-0.3, -0.25) is 0 Å². The van der Waals surface area contributed by atoms with Gasteiger partial charge in [0, 0.05) is 38.6 Å². The van der Waals surface area contributed by atoms with Crippen LogP contribution in [0.15, 0.2) is 237 Å². The minimum Gasteiger partial charge on any atom is -0.309 e. The highest BCUT2D eigenvalue weighted by Gasteiger charge is 2.25.